The van der Waals surface area contributed by atoms with Crippen LogP contribution in [-0.4, -0.2) is 22.6 Å². The summed E-state index contributed by atoms with van der Waals surface area (Å²) in [5.41, 5.74) is 3.83. The number of carbonyl (C=O) groups excluding carboxylic acids is 1. The first-order chi connectivity index (χ1) is 10.1. The van der Waals surface area contributed by atoms with Crippen molar-refractivity contribution >= 4 is 11.6 Å². The molecule has 0 aliphatic carbocycles. The lowest BCUT2D eigenvalue weighted by Crippen LogP contribution is -2.13. The van der Waals surface area contributed by atoms with E-state index in [0.717, 1.165) is 22.5 Å². The minimum atomic E-state index is -0.195. The van der Waals surface area contributed by atoms with Gasteiger partial charge in [-0.1, -0.05) is 11.8 Å². The number of anilines is 1. The van der Waals surface area contributed by atoms with Crippen LogP contribution in [-0.2, 0) is 0 Å². The maximum Gasteiger partial charge on any atom is 0.257 e. The molecule has 0 aliphatic heterocycles. The molecule has 0 radical (unpaired) electrons. The Morgan fingerprint density at radius 2 is 2.10 bits per heavy atom. The fourth-order valence-electron chi connectivity index (χ4n) is 1.82. The number of rotatable bonds is 2. The summed E-state index contributed by atoms with van der Waals surface area (Å²) < 4.78 is 0. The third-order valence-corrected chi connectivity index (χ3v) is 2.96. The number of carbonyl (C=O) groups is 1. The van der Waals surface area contributed by atoms with Crippen molar-refractivity contribution in [2.24, 2.45) is 0 Å². The highest BCUT2D eigenvalue weighted by atomic mass is 16.2. The third-order valence-electron chi connectivity index (χ3n) is 2.96. The van der Waals surface area contributed by atoms with Gasteiger partial charge in [0.15, 0.2) is 0 Å². The lowest BCUT2D eigenvalue weighted by atomic mass is 10.1. The van der Waals surface area contributed by atoms with Crippen molar-refractivity contribution in [3.8, 4) is 11.8 Å². The lowest BCUT2D eigenvalue weighted by Gasteiger charge is -2.08. The van der Waals surface area contributed by atoms with Crippen LogP contribution in [0, 0.1) is 25.7 Å². The van der Waals surface area contributed by atoms with E-state index in [9.17, 15) is 4.79 Å². The second kappa shape index (κ2) is 6.69. The first-order valence-electron chi connectivity index (χ1n) is 6.54. The Labute approximate surface area is 123 Å². The zero-order valence-corrected chi connectivity index (χ0v) is 12.0. The molecule has 0 saturated carbocycles. The summed E-state index contributed by atoms with van der Waals surface area (Å²) in [6.07, 6.45) is 1.56. The van der Waals surface area contributed by atoms with E-state index in [-0.39, 0.29) is 12.5 Å². The van der Waals surface area contributed by atoms with Gasteiger partial charge in [-0.15, -0.1) is 0 Å². The predicted octanol–water partition coefficient (Wildman–Crippen LogP) is 2.29. The summed E-state index contributed by atoms with van der Waals surface area (Å²) in [7, 11) is 0. The molecule has 4 heteroatoms. The number of hydrogen-bond acceptors (Lipinski definition) is 3. The molecule has 0 spiro atoms. The standard InChI is InChI=1S/C17H16N2O2/c1-12-10-14(4-3-9-20)6-8-16(12)19-17(21)15-7-5-13(2)18-11-15/h5-8,10-11,20H,9H2,1-2H3,(H,19,21). The van der Waals surface area contributed by atoms with Crippen LogP contribution in [0.25, 0.3) is 0 Å². The van der Waals surface area contributed by atoms with E-state index in [4.69, 9.17) is 5.11 Å². The van der Waals surface area contributed by atoms with Crippen molar-refractivity contribution in [3.63, 3.8) is 0 Å². The first kappa shape index (κ1) is 14.8. The Balaban J connectivity index is 2.16. The third kappa shape index (κ3) is 3.91. The monoisotopic (exact) mass is 280 g/mol. The van der Waals surface area contributed by atoms with Crippen LogP contribution in [0.3, 0.4) is 0 Å². The van der Waals surface area contributed by atoms with Crippen molar-refractivity contribution in [2.45, 2.75) is 13.8 Å². The molecule has 0 aliphatic rings. The Hall–Kier alpha value is -2.64. The van der Waals surface area contributed by atoms with E-state index in [1.165, 1.54) is 0 Å². The molecular weight excluding hydrogens is 264 g/mol. The van der Waals surface area contributed by atoms with Gasteiger partial charge >= 0.3 is 0 Å². The molecule has 2 rings (SSSR count). The number of aromatic nitrogens is 1. The van der Waals surface area contributed by atoms with Crippen LogP contribution >= 0.6 is 0 Å². The van der Waals surface area contributed by atoms with E-state index in [0.29, 0.717) is 5.56 Å². The number of aliphatic hydroxyl groups excluding tert-OH is 1. The molecule has 4 nitrogen and oxygen atoms in total. The molecule has 21 heavy (non-hydrogen) atoms. The van der Waals surface area contributed by atoms with Gasteiger partial charge in [-0.05, 0) is 49.7 Å². The molecule has 106 valence electrons. The minimum absolute atomic E-state index is 0.169. The molecule has 1 aromatic carbocycles. The van der Waals surface area contributed by atoms with Crippen molar-refractivity contribution in [1.29, 1.82) is 0 Å². The Bertz CT molecular complexity index is 710. The Morgan fingerprint density at radius 3 is 2.71 bits per heavy atom. The van der Waals surface area contributed by atoms with Crippen LogP contribution in [0.5, 0.6) is 0 Å². The number of amides is 1. The van der Waals surface area contributed by atoms with Crippen molar-refractivity contribution in [3.05, 3.63) is 58.9 Å². The van der Waals surface area contributed by atoms with Crippen LogP contribution < -0.4 is 5.32 Å². The molecule has 0 atom stereocenters. The van der Waals surface area contributed by atoms with Gasteiger partial charge in [0.2, 0.25) is 0 Å². The summed E-state index contributed by atoms with van der Waals surface area (Å²) in [6.45, 7) is 3.60. The number of nitrogens with one attached hydrogen (secondary N) is 1. The second-order valence-corrected chi connectivity index (χ2v) is 4.63. The summed E-state index contributed by atoms with van der Waals surface area (Å²) in [6, 6.07) is 9.02. The van der Waals surface area contributed by atoms with Crippen LogP contribution in [0.15, 0.2) is 36.5 Å². The molecule has 2 N–H and O–H groups in total. The number of hydrogen-bond donors (Lipinski definition) is 2. The van der Waals surface area contributed by atoms with E-state index in [1.54, 1.807) is 30.5 Å². The van der Waals surface area contributed by atoms with Crippen molar-refractivity contribution < 1.29 is 9.90 Å². The van der Waals surface area contributed by atoms with Gasteiger partial charge in [0.05, 0.1) is 5.56 Å². The molecule has 0 saturated heterocycles. The number of nitrogens with zero attached hydrogens (tertiary/aromatic N) is 1. The van der Waals surface area contributed by atoms with Gasteiger partial charge in [0.1, 0.15) is 6.61 Å². The highest BCUT2D eigenvalue weighted by Crippen LogP contribution is 2.17. The van der Waals surface area contributed by atoms with Crippen LogP contribution in [0.4, 0.5) is 5.69 Å². The van der Waals surface area contributed by atoms with E-state index >= 15 is 0 Å². The van der Waals surface area contributed by atoms with Crippen molar-refractivity contribution in [1.82, 2.24) is 4.98 Å². The van der Waals surface area contributed by atoms with Crippen molar-refractivity contribution in [2.75, 3.05) is 11.9 Å². The van der Waals surface area contributed by atoms with Crippen LogP contribution in [0.2, 0.25) is 0 Å². The largest absolute Gasteiger partial charge is 0.384 e. The fraction of sp³-hybridized carbons (Fsp3) is 0.176. The molecule has 1 aromatic heterocycles. The van der Waals surface area contributed by atoms with Gasteiger partial charge in [-0.2, -0.15) is 0 Å². The normalized spacial score (nSPS) is 9.67. The molecule has 1 amide bonds. The highest BCUT2D eigenvalue weighted by Gasteiger charge is 2.08. The molecular formula is C17H16N2O2. The Morgan fingerprint density at radius 1 is 1.29 bits per heavy atom. The van der Waals surface area contributed by atoms with Gasteiger partial charge in [-0.25, -0.2) is 0 Å². The smallest absolute Gasteiger partial charge is 0.257 e. The average Bonchev–Trinajstić information content (AvgIpc) is 2.48. The zero-order valence-electron chi connectivity index (χ0n) is 12.0. The summed E-state index contributed by atoms with van der Waals surface area (Å²) in [5, 5.41) is 11.5. The van der Waals surface area contributed by atoms with Crippen LogP contribution in [0.1, 0.15) is 27.2 Å². The number of benzene rings is 1. The molecule has 2 aromatic rings. The summed E-state index contributed by atoms with van der Waals surface area (Å²) in [4.78, 5) is 16.2. The molecule has 1 heterocycles. The number of aliphatic hydroxyl groups is 1. The predicted molar refractivity (Wildman–Crippen MR) is 82.1 cm³/mol. The van der Waals surface area contributed by atoms with Gasteiger partial charge in [-0.3, -0.25) is 9.78 Å². The maximum absolute atomic E-state index is 12.1. The second-order valence-electron chi connectivity index (χ2n) is 4.63. The quantitative estimate of drug-likeness (QED) is 0.830. The SMILES string of the molecule is Cc1ccc(C(=O)Nc2ccc(C#CCO)cc2C)cn1. The zero-order chi connectivity index (χ0) is 15.2. The summed E-state index contributed by atoms with van der Waals surface area (Å²) in [5.74, 6) is 5.23. The topological polar surface area (TPSA) is 62.2 Å². The van der Waals surface area contributed by atoms with Gasteiger partial charge in [0, 0.05) is 23.1 Å². The fourth-order valence-corrected chi connectivity index (χ4v) is 1.82. The van der Waals surface area contributed by atoms with E-state index in [2.05, 4.69) is 22.1 Å². The highest BCUT2D eigenvalue weighted by molar-refractivity contribution is 6.04. The average molecular weight is 280 g/mol. The van der Waals surface area contributed by atoms with Gasteiger partial charge < -0.3 is 10.4 Å². The lowest BCUT2D eigenvalue weighted by molar-refractivity contribution is 0.102. The van der Waals surface area contributed by atoms with E-state index < -0.39 is 0 Å². The van der Waals surface area contributed by atoms with E-state index in [1.807, 2.05) is 19.9 Å². The number of pyridine rings is 1. The number of aryl methyl sites for hydroxylation is 2. The van der Waals surface area contributed by atoms with Gasteiger partial charge in [0.25, 0.3) is 5.91 Å². The molecule has 0 unspecified atom stereocenters. The summed E-state index contributed by atoms with van der Waals surface area (Å²) >= 11 is 0. The Kier molecular flexibility index (Phi) is 4.70. The first-order valence-corrected chi connectivity index (χ1v) is 6.54. The maximum atomic E-state index is 12.1. The molecule has 0 bridgehead atoms. The molecule has 0 fully saturated rings. The minimum Gasteiger partial charge on any atom is -0.384 e.